The molecule has 1 aromatic heterocycles. The number of fused-ring (bicyclic) bond motifs is 1. The van der Waals surface area contributed by atoms with E-state index in [1.807, 2.05) is 54.7 Å². The number of nitrogens with one attached hydrogen (secondary N) is 3. The van der Waals surface area contributed by atoms with E-state index in [4.69, 9.17) is 4.74 Å². The monoisotopic (exact) mass is 471 g/mol. The molecule has 35 heavy (non-hydrogen) atoms. The minimum absolute atomic E-state index is 0.0792. The highest BCUT2D eigenvalue weighted by Gasteiger charge is 2.16. The van der Waals surface area contributed by atoms with E-state index in [9.17, 15) is 9.90 Å². The van der Waals surface area contributed by atoms with Gasteiger partial charge in [0.05, 0.1) is 6.42 Å². The molecule has 0 aliphatic carbocycles. The zero-order valence-electron chi connectivity index (χ0n) is 20.0. The van der Waals surface area contributed by atoms with Gasteiger partial charge in [0.15, 0.2) is 0 Å². The van der Waals surface area contributed by atoms with Gasteiger partial charge in [0.1, 0.15) is 12.4 Å². The van der Waals surface area contributed by atoms with Crippen LogP contribution in [0.3, 0.4) is 0 Å². The fraction of sp³-hybridized carbons (Fsp3) is 0.276. The van der Waals surface area contributed by atoms with Gasteiger partial charge in [-0.15, -0.1) is 0 Å². The molecule has 2 atom stereocenters. The Labute approximate surface area is 206 Å². The van der Waals surface area contributed by atoms with Crippen LogP contribution in [-0.2, 0) is 17.8 Å². The molecule has 1 unspecified atom stereocenters. The second-order valence-corrected chi connectivity index (χ2v) is 8.84. The van der Waals surface area contributed by atoms with E-state index >= 15 is 0 Å². The number of benzene rings is 3. The van der Waals surface area contributed by atoms with Gasteiger partial charge in [0, 0.05) is 42.3 Å². The van der Waals surface area contributed by atoms with Gasteiger partial charge >= 0.3 is 5.97 Å². The summed E-state index contributed by atoms with van der Waals surface area (Å²) in [6.07, 6.45) is 2.72. The van der Waals surface area contributed by atoms with Crippen molar-refractivity contribution in [2.75, 3.05) is 13.1 Å². The number of aromatic nitrogens is 1. The van der Waals surface area contributed by atoms with Gasteiger partial charge in [-0.3, -0.25) is 4.79 Å². The molecule has 6 heteroatoms. The summed E-state index contributed by atoms with van der Waals surface area (Å²) in [6, 6.07) is 26.4. The van der Waals surface area contributed by atoms with E-state index in [2.05, 4.69) is 52.9 Å². The molecule has 3 aromatic carbocycles. The number of carboxylic acid groups (broad SMARTS) is 1. The molecule has 0 spiro atoms. The Kier molecular flexibility index (Phi) is 8.54. The van der Waals surface area contributed by atoms with Crippen molar-refractivity contribution in [3.8, 4) is 5.75 Å². The molecule has 4 rings (SSSR count). The minimum atomic E-state index is -0.795. The Balaban J connectivity index is 1.26. The lowest BCUT2D eigenvalue weighted by atomic mass is 10.0. The van der Waals surface area contributed by atoms with Crippen molar-refractivity contribution in [3.05, 3.63) is 102 Å². The van der Waals surface area contributed by atoms with Crippen molar-refractivity contribution in [3.63, 3.8) is 0 Å². The summed E-state index contributed by atoms with van der Waals surface area (Å²) in [5.74, 6) is 0.0503. The number of aliphatic carboxylic acids is 1. The van der Waals surface area contributed by atoms with Crippen molar-refractivity contribution < 1.29 is 14.6 Å². The van der Waals surface area contributed by atoms with E-state index in [1.165, 1.54) is 0 Å². The number of hydrogen-bond donors (Lipinski definition) is 4. The van der Waals surface area contributed by atoms with Crippen LogP contribution in [0, 0.1) is 0 Å². The second-order valence-electron chi connectivity index (χ2n) is 8.84. The van der Waals surface area contributed by atoms with Crippen LogP contribution >= 0.6 is 0 Å². The quantitative estimate of drug-likeness (QED) is 0.205. The first-order valence-electron chi connectivity index (χ1n) is 12.1. The van der Waals surface area contributed by atoms with Crippen LogP contribution in [0.4, 0.5) is 0 Å². The normalized spacial score (nSPS) is 12.9. The number of rotatable bonds is 13. The lowest BCUT2D eigenvalue weighted by molar-refractivity contribution is -0.137. The summed E-state index contributed by atoms with van der Waals surface area (Å²) in [5, 5.41) is 17.5. The molecule has 0 amide bonds. The van der Waals surface area contributed by atoms with Gasteiger partial charge in [-0.1, -0.05) is 60.7 Å². The van der Waals surface area contributed by atoms with Gasteiger partial charge < -0.3 is 25.5 Å². The van der Waals surface area contributed by atoms with Crippen molar-refractivity contribution in [2.45, 2.75) is 38.5 Å². The zero-order chi connectivity index (χ0) is 24.5. The van der Waals surface area contributed by atoms with Gasteiger partial charge in [-0.05, 0) is 48.2 Å². The average molecular weight is 472 g/mol. The second kappa shape index (κ2) is 12.2. The zero-order valence-corrected chi connectivity index (χ0v) is 20.0. The predicted molar refractivity (Wildman–Crippen MR) is 140 cm³/mol. The van der Waals surface area contributed by atoms with Gasteiger partial charge in [0.2, 0.25) is 0 Å². The topological polar surface area (TPSA) is 86.4 Å². The molecule has 6 nitrogen and oxygen atoms in total. The molecule has 0 bridgehead atoms. The fourth-order valence-corrected chi connectivity index (χ4v) is 4.29. The fourth-order valence-electron chi connectivity index (χ4n) is 4.29. The Morgan fingerprint density at radius 2 is 1.74 bits per heavy atom. The number of carboxylic acids is 1. The molecule has 0 saturated carbocycles. The summed E-state index contributed by atoms with van der Waals surface area (Å²) in [5.41, 5.74) is 4.49. The molecule has 4 aromatic rings. The van der Waals surface area contributed by atoms with Crippen LogP contribution in [0.2, 0.25) is 0 Å². The summed E-state index contributed by atoms with van der Waals surface area (Å²) in [6.45, 7) is 4.06. The summed E-state index contributed by atoms with van der Waals surface area (Å²) in [4.78, 5) is 14.7. The third kappa shape index (κ3) is 7.18. The highest BCUT2D eigenvalue weighted by molar-refractivity contribution is 5.83. The molecular formula is C29H33N3O3. The van der Waals surface area contributed by atoms with Crippen molar-refractivity contribution >= 4 is 16.9 Å². The standard InChI is InChI=1S/C29H33N3O3/c1-21(23-10-7-11-26(17-23)35-20-22-8-3-2-4-9-22)30-14-15-31-25(18-29(33)34)16-24-19-32-28-13-6-5-12-27(24)28/h2-13,17,19,21,25,30-32H,14-16,18,20H2,1H3,(H,33,34)/t21?,25-/m1/s1. The van der Waals surface area contributed by atoms with Crippen LogP contribution in [0.25, 0.3) is 10.9 Å². The lowest BCUT2D eigenvalue weighted by Crippen LogP contribution is -2.38. The molecule has 182 valence electrons. The number of carbonyl (C=O) groups is 1. The van der Waals surface area contributed by atoms with Crippen molar-refractivity contribution in [2.24, 2.45) is 0 Å². The smallest absolute Gasteiger partial charge is 0.304 e. The SMILES string of the molecule is CC(NCCN[C@@H](CC(=O)O)Cc1c[nH]c2ccccc12)c1cccc(OCc2ccccc2)c1. The maximum absolute atomic E-state index is 11.4. The molecule has 0 radical (unpaired) electrons. The Morgan fingerprint density at radius 1 is 0.971 bits per heavy atom. The van der Waals surface area contributed by atoms with Gasteiger partial charge in [0.25, 0.3) is 0 Å². The van der Waals surface area contributed by atoms with E-state index in [-0.39, 0.29) is 18.5 Å². The minimum Gasteiger partial charge on any atom is -0.489 e. The van der Waals surface area contributed by atoms with Crippen LogP contribution in [0.1, 0.15) is 36.1 Å². The predicted octanol–water partition coefficient (Wildman–Crippen LogP) is 5.07. The number of hydrogen-bond acceptors (Lipinski definition) is 4. The van der Waals surface area contributed by atoms with Crippen LogP contribution in [0.15, 0.2) is 85.1 Å². The largest absolute Gasteiger partial charge is 0.489 e. The molecular weight excluding hydrogens is 438 g/mol. The average Bonchev–Trinajstić information content (AvgIpc) is 3.28. The number of aromatic amines is 1. The van der Waals surface area contributed by atoms with Crippen LogP contribution in [-0.4, -0.2) is 35.2 Å². The number of ether oxygens (including phenoxy) is 1. The van der Waals surface area contributed by atoms with E-state index in [0.717, 1.165) is 39.9 Å². The molecule has 1 heterocycles. The highest BCUT2D eigenvalue weighted by atomic mass is 16.5. The highest BCUT2D eigenvalue weighted by Crippen LogP contribution is 2.21. The van der Waals surface area contributed by atoms with E-state index in [0.29, 0.717) is 19.6 Å². The Bertz CT molecular complexity index is 1220. The summed E-state index contributed by atoms with van der Waals surface area (Å²) in [7, 11) is 0. The first-order valence-corrected chi connectivity index (χ1v) is 12.1. The molecule has 0 fully saturated rings. The van der Waals surface area contributed by atoms with Crippen LogP contribution in [0.5, 0.6) is 5.75 Å². The molecule has 0 saturated heterocycles. The van der Waals surface area contributed by atoms with Gasteiger partial charge in [-0.2, -0.15) is 0 Å². The van der Waals surface area contributed by atoms with Crippen LogP contribution < -0.4 is 15.4 Å². The Hall–Kier alpha value is -3.61. The first-order chi connectivity index (χ1) is 17.1. The first kappa shape index (κ1) is 24.5. The van der Waals surface area contributed by atoms with Gasteiger partial charge in [-0.25, -0.2) is 0 Å². The summed E-state index contributed by atoms with van der Waals surface area (Å²) < 4.78 is 5.96. The van der Waals surface area contributed by atoms with E-state index < -0.39 is 5.97 Å². The van der Waals surface area contributed by atoms with Crippen molar-refractivity contribution in [1.82, 2.24) is 15.6 Å². The number of H-pyrrole nitrogens is 1. The summed E-state index contributed by atoms with van der Waals surface area (Å²) >= 11 is 0. The third-order valence-electron chi connectivity index (χ3n) is 6.18. The van der Waals surface area contributed by atoms with Crippen molar-refractivity contribution in [1.29, 1.82) is 0 Å². The number of para-hydroxylation sites is 1. The molecule has 0 aliphatic rings. The maximum Gasteiger partial charge on any atom is 0.304 e. The third-order valence-corrected chi connectivity index (χ3v) is 6.18. The Morgan fingerprint density at radius 3 is 2.57 bits per heavy atom. The lowest BCUT2D eigenvalue weighted by Gasteiger charge is -2.19. The van der Waals surface area contributed by atoms with E-state index in [1.54, 1.807) is 0 Å². The maximum atomic E-state index is 11.4. The molecule has 4 N–H and O–H groups in total. The molecule has 0 aliphatic heterocycles.